The second kappa shape index (κ2) is 7.34. The Bertz CT molecular complexity index is 548. The fourth-order valence-corrected chi connectivity index (χ4v) is 2.89. The zero-order chi connectivity index (χ0) is 14.4. The van der Waals surface area contributed by atoms with E-state index in [0.717, 1.165) is 37.4 Å². The van der Waals surface area contributed by atoms with E-state index in [-0.39, 0.29) is 0 Å². The Balaban J connectivity index is 2.04. The van der Waals surface area contributed by atoms with Gasteiger partial charge in [0.2, 0.25) is 0 Å². The van der Waals surface area contributed by atoms with Gasteiger partial charge in [-0.3, -0.25) is 0 Å². The number of rotatable bonds is 7. The summed E-state index contributed by atoms with van der Waals surface area (Å²) in [6.45, 7) is 8.03. The normalized spacial score (nSPS) is 10.6. The number of aryl methyl sites for hydroxylation is 2. The first-order valence-corrected chi connectivity index (χ1v) is 8.09. The minimum absolute atomic E-state index is 0.761. The molecule has 0 unspecified atom stereocenters. The first-order chi connectivity index (χ1) is 9.72. The number of nitrogens with one attached hydrogen (secondary N) is 1. The molecule has 2 aromatic rings. The lowest BCUT2D eigenvalue weighted by atomic mass is 10.2. The van der Waals surface area contributed by atoms with Gasteiger partial charge in [-0.05, 0) is 49.6 Å². The topological polar surface area (TPSA) is 21.3 Å². The van der Waals surface area contributed by atoms with Gasteiger partial charge in [0.1, 0.15) is 5.75 Å². The van der Waals surface area contributed by atoms with E-state index < -0.39 is 0 Å². The van der Waals surface area contributed by atoms with E-state index in [0.29, 0.717) is 0 Å². The van der Waals surface area contributed by atoms with Crippen molar-refractivity contribution in [2.24, 2.45) is 0 Å². The minimum Gasteiger partial charge on any atom is -0.491 e. The van der Waals surface area contributed by atoms with E-state index in [1.165, 1.54) is 15.3 Å². The molecule has 2 rings (SSSR count). The monoisotopic (exact) mass is 289 g/mol. The Kier molecular flexibility index (Phi) is 5.48. The zero-order valence-electron chi connectivity index (χ0n) is 12.5. The van der Waals surface area contributed by atoms with Gasteiger partial charge in [0, 0.05) is 16.3 Å². The molecule has 0 atom stereocenters. The SMILES string of the molecule is CCCOc1cc(C)ccc1NCc1ccc(CC)s1. The van der Waals surface area contributed by atoms with Crippen LogP contribution in [0.5, 0.6) is 5.75 Å². The molecule has 0 aliphatic rings. The summed E-state index contributed by atoms with van der Waals surface area (Å²) < 4.78 is 5.82. The van der Waals surface area contributed by atoms with Gasteiger partial charge in [-0.1, -0.05) is 19.9 Å². The number of hydrogen-bond donors (Lipinski definition) is 1. The molecule has 1 aromatic carbocycles. The average Bonchev–Trinajstić information content (AvgIpc) is 2.92. The summed E-state index contributed by atoms with van der Waals surface area (Å²) in [6, 6.07) is 10.7. The third-order valence-electron chi connectivity index (χ3n) is 3.12. The van der Waals surface area contributed by atoms with Crippen LogP contribution in [-0.4, -0.2) is 6.61 Å². The molecule has 108 valence electrons. The van der Waals surface area contributed by atoms with Gasteiger partial charge in [0.15, 0.2) is 0 Å². The second-order valence-electron chi connectivity index (χ2n) is 4.92. The Morgan fingerprint density at radius 1 is 1.10 bits per heavy atom. The van der Waals surface area contributed by atoms with E-state index in [2.05, 4.69) is 56.4 Å². The average molecular weight is 289 g/mol. The summed E-state index contributed by atoms with van der Waals surface area (Å²) in [5.41, 5.74) is 2.31. The fourth-order valence-electron chi connectivity index (χ4n) is 2.00. The van der Waals surface area contributed by atoms with Crippen LogP contribution in [0, 0.1) is 6.92 Å². The van der Waals surface area contributed by atoms with Gasteiger partial charge in [-0.2, -0.15) is 0 Å². The molecule has 1 aromatic heterocycles. The Hall–Kier alpha value is -1.48. The van der Waals surface area contributed by atoms with Crippen molar-refractivity contribution in [2.45, 2.75) is 40.2 Å². The molecule has 1 heterocycles. The first kappa shape index (κ1) is 14.9. The molecule has 0 aliphatic heterocycles. The third-order valence-corrected chi connectivity index (χ3v) is 4.35. The molecule has 0 bridgehead atoms. The van der Waals surface area contributed by atoms with Crippen molar-refractivity contribution in [3.8, 4) is 5.75 Å². The Morgan fingerprint density at radius 2 is 1.90 bits per heavy atom. The maximum Gasteiger partial charge on any atom is 0.142 e. The smallest absolute Gasteiger partial charge is 0.142 e. The van der Waals surface area contributed by atoms with Crippen molar-refractivity contribution in [1.82, 2.24) is 0 Å². The predicted octanol–water partition coefficient (Wildman–Crippen LogP) is 5.02. The van der Waals surface area contributed by atoms with E-state index in [4.69, 9.17) is 4.74 Å². The molecule has 0 aliphatic carbocycles. The number of anilines is 1. The van der Waals surface area contributed by atoms with Crippen LogP contribution in [-0.2, 0) is 13.0 Å². The molecule has 1 N–H and O–H groups in total. The van der Waals surface area contributed by atoms with Gasteiger partial charge in [-0.15, -0.1) is 11.3 Å². The molecule has 3 heteroatoms. The molecular formula is C17H23NOS. The summed E-state index contributed by atoms with van der Waals surface area (Å²) in [4.78, 5) is 2.80. The van der Waals surface area contributed by atoms with Crippen molar-refractivity contribution in [3.63, 3.8) is 0 Å². The Labute approximate surface area is 125 Å². The van der Waals surface area contributed by atoms with Crippen molar-refractivity contribution in [2.75, 3.05) is 11.9 Å². The van der Waals surface area contributed by atoms with E-state index in [1.807, 2.05) is 11.3 Å². The lowest BCUT2D eigenvalue weighted by molar-refractivity contribution is 0.318. The predicted molar refractivity (Wildman–Crippen MR) is 88.0 cm³/mol. The van der Waals surface area contributed by atoms with Gasteiger partial charge < -0.3 is 10.1 Å². The summed E-state index contributed by atoms with van der Waals surface area (Å²) in [5.74, 6) is 0.958. The molecule has 0 saturated heterocycles. The number of benzene rings is 1. The van der Waals surface area contributed by atoms with Crippen LogP contribution in [0.2, 0.25) is 0 Å². The third kappa shape index (κ3) is 4.01. The van der Waals surface area contributed by atoms with E-state index in [1.54, 1.807) is 0 Å². The molecule has 0 fully saturated rings. The highest BCUT2D eigenvalue weighted by Crippen LogP contribution is 2.27. The van der Waals surface area contributed by atoms with E-state index >= 15 is 0 Å². The molecule has 0 amide bonds. The van der Waals surface area contributed by atoms with Crippen LogP contribution < -0.4 is 10.1 Å². The number of ether oxygens (including phenoxy) is 1. The quantitative estimate of drug-likeness (QED) is 0.772. The molecule has 0 saturated carbocycles. The van der Waals surface area contributed by atoms with Gasteiger partial charge in [-0.25, -0.2) is 0 Å². The maximum atomic E-state index is 5.82. The van der Waals surface area contributed by atoms with Crippen molar-refractivity contribution in [1.29, 1.82) is 0 Å². The molecule has 0 radical (unpaired) electrons. The molecule has 0 spiro atoms. The van der Waals surface area contributed by atoms with Crippen molar-refractivity contribution < 1.29 is 4.74 Å². The lowest BCUT2D eigenvalue weighted by Gasteiger charge is -2.13. The van der Waals surface area contributed by atoms with Crippen LogP contribution in [0.15, 0.2) is 30.3 Å². The highest BCUT2D eigenvalue weighted by molar-refractivity contribution is 7.12. The highest BCUT2D eigenvalue weighted by Gasteiger charge is 2.05. The molecule has 20 heavy (non-hydrogen) atoms. The van der Waals surface area contributed by atoms with Crippen LogP contribution >= 0.6 is 11.3 Å². The summed E-state index contributed by atoms with van der Waals surface area (Å²) in [5, 5.41) is 3.49. The molecular weight excluding hydrogens is 266 g/mol. The van der Waals surface area contributed by atoms with Crippen molar-refractivity contribution >= 4 is 17.0 Å². The fraction of sp³-hybridized carbons (Fsp3) is 0.412. The van der Waals surface area contributed by atoms with Crippen LogP contribution in [0.25, 0.3) is 0 Å². The summed E-state index contributed by atoms with van der Waals surface area (Å²) in [7, 11) is 0. The first-order valence-electron chi connectivity index (χ1n) is 7.27. The standard InChI is InChI=1S/C17H23NOS/c1-4-10-19-17-11-13(3)6-9-16(17)18-12-15-8-7-14(5-2)20-15/h6-9,11,18H,4-5,10,12H2,1-3H3. The van der Waals surface area contributed by atoms with Gasteiger partial charge in [0.05, 0.1) is 12.3 Å². The summed E-state index contributed by atoms with van der Waals surface area (Å²) in [6.07, 6.45) is 2.14. The van der Waals surface area contributed by atoms with Gasteiger partial charge >= 0.3 is 0 Å². The van der Waals surface area contributed by atoms with Crippen LogP contribution in [0.4, 0.5) is 5.69 Å². The van der Waals surface area contributed by atoms with Crippen LogP contribution in [0.3, 0.4) is 0 Å². The van der Waals surface area contributed by atoms with E-state index in [9.17, 15) is 0 Å². The van der Waals surface area contributed by atoms with Gasteiger partial charge in [0.25, 0.3) is 0 Å². The maximum absolute atomic E-state index is 5.82. The second-order valence-corrected chi connectivity index (χ2v) is 6.18. The lowest BCUT2D eigenvalue weighted by Crippen LogP contribution is -2.03. The number of hydrogen-bond acceptors (Lipinski definition) is 3. The molecule has 2 nitrogen and oxygen atoms in total. The highest BCUT2D eigenvalue weighted by atomic mass is 32.1. The summed E-state index contributed by atoms with van der Waals surface area (Å²) >= 11 is 1.88. The zero-order valence-corrected chi connectivity index (χ0v) is 13.3. The van der Waals surface area contributed by atoms with Crippen molar-refractivity contribution in [3.05, 3.63) is 45.6 Å². The Morgan fingerprint density at radius 3 is 2.60 bits per heavy atom. The van der Waals surface area contributed by atoms with Crippen LogP contribution in [0.1, 0.15) is 35.6 Å². The largest absolute Gasteiger partial charge is 0.491 e. The number of thiophene rings is 1. The minimum atomic E-state index is 0.761.